The topological polar surface area (TPSA) is 98.5 Å². The van der Waals surface area contributed by atoms with Crippen molar-refractivity contribution in [1.82, 2.24) is 4.72 Å². The lowest BCUT2D eigenvalue weighted by molar-refractivity contribution is -0.275. The van der Waals surface area contributed by atoms with Crippen molar-refractivity contribution < 1.29 is 31.1 Å². The lowest BCUT2D eigenvalue weighted by Crippen LogP contribution is -2.48. The number of nitrogens with one attached hydrogen (secondary N) is 1. The maximum absolute atomic E-state index is 12.4. The highest BCUT2D eigenvalue weighted by molar-refractivity contribution is 7.89. The minimum Gasteiger partial charge on any atom is -0.404 e. The minimum atomic E-state index is -5.05. The zero-order chi connectivity index (χ0) is 17.8. The quantitative estimate of drug-likeness (QED) is 0.779. The van der Waals surface area contributed by atoms with Crippen LogP contribution in [0.3, 0.4) is 0 Å². The van der Waals surface area contributed by atoms with Crippen molar-refractivity contribution >= 4 is 15.9 Å². The van der Waals surface area contributed by atoms with E-state index in [1.54, 1.807) is 13.8 Å². The van der Waals surface area contributed by atoms with Crippen molar-refractivity contribution in [2.24, 2.45) is 11.7 Å². The molecule has 3 N–H and O–H groups in total. The standard InChI is InChI=1S/C13H17F3N2O4S/c1-3-8(2)11(12(17)19)18-23(20,21)10-7-5-4-6-9(10)22-13(14,15)16/h4-8,11,18H,3H2,1-2H3,(H2,17,19). The van der Waals surface area contributed by atoms with Gasteiger partial charge < -0.3 is 10.5 Å². The molecular weight excluding hydrogens is 337 g/mol. The molecule has 1 aromatic carbocycles. The van der Waals surface area contributed by atoms with Gasteiger partial charge in [0.2, 0.25) is 15.9 Å². The zero-order valence-corrected chi connectivity index (χ0v) is 13.2. The molecule has 0 radical (unpaired) electrons. The van der Waals surface area contributed by atoms with Crippen molar-refractivity contribution in [3.63, 3.8) is 0 Å². The molecule has 10 heteroatoms. The summed E-state index contributed by atoms with van der Waals surface area (Å²) in [5, 5.41) is 0. The Morgan fingerprint density at radius 3 is 2.39 bits per heavy atom. The summed E-state index contributed by atoms with van der Waals surface area (Å²) < 4.78 is 67.5. The average molecular weight is 354 g/mol. The number of primary amides is 1. The molecule has 1 aromatic rings. The van der Waals surface area contributed by atoms with Crippen molar-refractivity contribution in [1.29, 1.82) is 0 Å². The van der Waals surface area contributed by atoms with Crippen LogP contribution in [0.1, 0.15) is 20.3 Å². The van der Waals surface area contributed by atoms with Crippen LogP contribution in [0.4, 0.5) is 13.2 Å². The number of alkyl halides is 3. The Balaban J connectivity index is 3.21. The number of hydrogen-bond donors (Lipinski definition) is 2. The highest BCUT2D eigenvalue weighted by atomic mass is 32.2. The number of nitrogens with two attached hydrogens (primary N) is 1. The third-order valence-electron chi connectivity index (χ3n) is 3.17. The third kappa shape index (κ3) is 5.39. The van der Waals surface area contributed by atoms with Crippen molar-refractivity contribution in [3.05, 3.63) is 24.3 Å². The first kappa shape index (κ1) is 19.2. The molecule has 0 aromatic heterocycles. The first-order valence-electron chi connectivity index (χ1n) is 6.64. The number of para-hydroxylation sites is 1. The van der Waals surface area contributed by atoms with Gasteiger partial charge in [-0.05, 0) is 18.1 Å². The van der Waals surface area contributed by atoms with Gasteiger partial charge in [-0.1, -0.05) is 32.4 Å². The van der Waals surface area contributed by atoms with Crippen molar-refractivity contribution in [3.8, 4) is 5.75 Å². The summed E-state index contributed by atoms with van der Waals surface area (Å²) in [5.74, 6) is -2.24. The molecule has 6 nitrogen and oxygen atoms in total. The summed E-state index contributed by atoms with van der Waals surface area (Å²) in [4.78, 5) is 10.7. The van der Waals surface area contributed by atoms with Gasteiger partial charge in [-0.15, -0.1) is 13.2 Å². The Bertz CT molecular complexity index is 661. The fourth-order valence-corrected chi connectivity index (χ4v) is 3.24. The predicted octanol–water partition coefficient (Wildman–Crippen LogP) is 1.76. The molecule has 0 saturated carbocycles. The van der Waals surface area contributed by atoms with Crippen LogP contribution in [-0.4, -0.2) is 26.7 Å². The van der Waals surface area contributed by atoms with E-state index in [4.69, 9.17) is 5.73 Å². The van der Waals surface area contributed by atoms with E-state index >= 15 is 0 Å². The molecule has 1 amide bonds. The van der Waals surface area contributed by atoms with Gasteiger partial charge >= 0.3 is 6.36 Å². The number of rotatable bonds is 7. The highest BCUT2D eigenvalue weighted by Crippen LogP contribution is 2.29. The highest BCUT2D eigenvalue weighted by Gasteiger charge is 2.35. The Morgan fingerprint density at radius 1 is 1.35 bits per heavy atom. The van der Waals surface area contributed by atoms with E-state index < -0.39 is 44.9 Å². The molecule has 1 rings (SSSR count). The molecule has 23 heavy (non-hydrogen) atoms. The summed E-state index contributed by atoms with van der Waals surface area (Å²) in [6, 6.07) is 2.99. The molecule has 0 bridgehead atoms. The number of halogens is 3. The summed E-state index contributed by atoms with van der Waals surface area (Å²) in [6.45, 7) is 3.31. The van der Waals surface area contributed by atoms with Crippen LogP contribution in [0.2, 0.25) is 0 Å². The summed E-state index contributed by atoms with van der Waals surface area (Å²) in [5.41, 5.74) is 5.16. The Hall–Kier alpha value is -1.81. The Kier molecular flexibility index (Phi) is 6.00. The number of carbonyl (C=O) groups excluding carboxylic acids is 1. The lowest BCUT2D eigenvalue weighted by atomic mass is 10.00. The fraction of sp³-hybridized carbons (Fsp3) is 0.462. The van der Waals surface area contributed by atoms with Gasteiger partial charge in [0, 0.05) is 0 Å². The van der Waals surface area contributed by atoms with Crippen molar-refractivity contribution in [2.75, 3.05) is 0 Å². The van der Waals surface area contributed by atoms with Gasteiger partial charge in [-0.25, -0.2) is 8.42 Å². The average Bonchev–Trinajstić information content (AvgIpc) is 2.42. The van der Waals surface area contributed by atoms with Crippen LogP contribution in [0.15, 0.2) is 29.2 Å². The molecular formula is C13H17F3N2O4S. The van der Waals surface area contributed by atoms with Crippen LogP contribution < -0.4 is 15.2 Å². The number of carbonyl (C=O) groups is 1. The smallest absolute Gasteiger partial charge is 0.404 e. The number of benzene rings is 1. The Labute approximate surface area is 131 Å². The van der Waals surface area contributed by atoms with Crippen LogP contribution in [-0.2, 0) is 14.8 Å². The molecule has 0 aliphatic carbocycles. The first-order chi connectivity index (χ1) is 10.5. The molecule has 0 heterocycles. The molecule has 0 fully saturated rings. The normalized spacial score (nSPS) is 15.0. The molecule has 2 unspecified atom stereocenters. The van der Waals surface area contributed by atoms with Gasteiger partial charge in [-0.3, -0.25) is 4.79 Å². The summed E-state index contributed by atoms with van der Waals surface area (Å²) in [6.07, 6.45) is -4.61. The second-order valence-electron chi connectivity index (χ2n) is 4.88. The van der Waals surface area contributed by atoms with Crippen LogP contribution in [0.5, 0.6) is 5.75 Å². The minimum absolute atomic E-state index is 0.432. The van der Waals surface area contributed by atoms with Gasteiger partial charge in [0.05, 0.1) is 0 Å². The van der Waals surface area contributed by atoms with E-state index in [1.807, 2.05) is 4.72 Å². The number of sulfonamides is 1. The maximum Gasteiger partial charge on any atom is 0.573 e. The monoisotopic (exact) mass is 354 g/mol. The van der Waals surface area contributed by atoms with Crippen LogP contribution in [0, 0.1) is 5.92 Å². The predicted molar refractivity (Wildman–Crippen MR) is 75.9 cm³/mol. The molecule has 0 spiro atoms. The van der Waals surface area contributed by atoms with E-state index in [0.29, 0.717) is 6.42 Å². The molecule has 2 atom stereocenters. The molecule has 0 aliphatic rings. The van der Waals surface area contributed by atoms with Crippen LogP contribution in [0.25, 0.3) is 0 Å². The van der Waals surface area contributed by atoms with Gasteiger partial charge in [-0.2, -0.15) is 4.72 Å². The van der Waals surface area contributed by atoms with E-state index in [0.717, 1.165) is 12.1 Å². The SMILES string of the molecule is CCC(C)C(NS(=O)(=O)c1ccccc1OC(F)(F)F)C(N)=O. The first-order valence-corrected chi connectivity index (χ1v) is 8.12. The second-order valence-corrected chi connectivity index (χ2v) is 6.56. The molecule has 0 aliphatic heterocycles. The summed E-state index contributed by atoms with van der Waals surface area (Å²) in [7, 11) is -4.44. The van der Waals surface area contributed by atoms with Gasteiger partial charge in [0.1, 0.15) is 16.7 Å². The third-order valence-corrected chi connectivity index (χ3v) is 4.65. The van der Waals surface area contributed by atoms with Gasteiger partial charge in [0.15, 0.2) is 0 Å². The maximum atomic E-state index is 12.4. The Morgan fingerprint density at radius 2 is 1.91 bits per heavy atom. The summed E-state index contributed by atoms with van der Waals surface area (Å²) >= 11 is 0. The van der Waals surface area contributed by atoms with E-state index in [1.165, 1.54) is 12.1 Å². The van der Waals surface area contributed by atoms with Crippen molar-refractivity contribution in [2.45, 2.75) is 37.6 Å². The largest absolute Gasteiger partial charge is 0.573 e. The number of amides is 1. The van der Waals surface area contributed by atoms with Gasteiger partial charge in [0.25, 0.3) is 0 Å². The lowest BCUT2D eigenvalue weighted by Gasteiger charge is -2.22. The van der Waals surface area contributed by atoms with Crippen LogP contribution >= 0.6 is 0 Å². The molecule has 0 saturated heterocycles. The fourth-order valence-electron chi connectivity index (χ4n) is 1.80. The van der Waals surface area contributed by atoms with E-state index in [9.17, 15) is 26.4 Å². The van der Waals surface area contributed by atoms with E-state index in [-0.39, 0.29) is 0 Å². The van der Waals surface area contributed by atoms with E-state index in [2.05, 4.69) is 4.74 Å². The number of hydrogen-bond acceptors (Lipinski definition) is 4. The number of ether oxygens (including phenoxy) is 1. The molecule has 130 valence electrons. The second kappa shape index (κ2) is 7.18. The zero-order valence-electron chi connectivity index (χ0n) is 12.4.